The molecule has 0 aromatic rings. The fourth-order valence-corrected chi connectivity index (χ4v) is 10.5. The molecule has 0 bridgehead atoms. The summed E-state index contributed by atoms with van der Waals surface area (Å²) in [6.07, 6.45) is -5.00. The monoisotopic (exact) mass is 1130 g/mol. The predicted molar refractivity (Wildman–Crippen MR) is 277 cm³/mol. The minimum atomic E-state index is -5.63. The Morgan fingerprint density at radius 2 is 0.857 bits per heavy atom. The Hall–Kier alpha value is -1.81. The van der Waals surface area contributed by atoms with Gasteiger partial charge < -0.3 is 89.5 Å². The average Bonchev–Trinajstić information content (AvgIpc) is 3.41. The SMILES string of the molecule is CCCCCCCCCC=CCCCCCC(=O)OCC(COP(=O)(O)OC1C(OC2OC(CO)C(O)C(O)C2O)C(O)C(O)C(O)C1OC1OC(CO)C(O)C(O)C1O)OC(=O)CCCCCCCCCCCCCC. The van der Waals surface area contributed by atoms with Gasteiger partial charge in [-0.15, -0.1) is 0 Å². The summed E-state index contributed by atoms with van der Waals surface area (Å²) in [6.45, 7) is 0.971. The van der Waals surface area contributed by atoms with E-state index in [4.69, 9.17) is 37.5 Å². The van der Waals surface area contributed by atoms with E-state index in [2.05, 4.69) is 26.0 Å². The molecule has 16 atom stereocenters. The number of aliphatic hydroxyl groups is 11. The molecule has 0 aromatic carbocycles. The third kappa shape index (κ3) is 25.1. The average molecular weight is 1130 g/mol. The first-order valence-corrected chi connectivity index (χ1v) is 30.0. The standard InChI is InChI=1S/C53H97O23P/c1-3-5-7-9-11-13-15-17-18-20-21-23-25-27-29-38(56)69-33-35(71-39(57)30-28-26-24-22-19-16-14-12-10-8-6-4-2)34-70-77(67,68)76-51-49(74-52-47(65)42(60)40(58)36(31-54)72-52)45(63)44(62)46(64)50(51)75-53-48(66)43(61)41(59)37(32-55)73-53/h18,20,35-37,40-55,58-66H,3-17,19,21-34H2,1-2H3,(H,67,68). The molecular formula is C53H97O23P. The first-order valence-electron chi connectivity index (χ1n) is 28.5. The summed E-state index contributed by atoms with van der Waals surface area (Å²) in [4.78, 5) is 37.4. The van der Waals surface area contributed by atoms with Crippen molar-refractivity contribution in [2.45, 2.75) is 285 Å². The Kier molecular flexibility index (Phi) is 35.0. The van der Waals surface area contributed by atoms with Crippen LogP contribution in [-0.4, -0.2) is 204 Å². The van der Waals surface area contributed by atoms with Crippen molar-refractivity contribution < 1.29 is 113 Å². The summed E-state index contributed by atoms with van der Waals surface area (Å²) in [6, 6.07) is 0. The van der Waals surface area contributed by atoms with Crippen molar-refractivity contribution >= 4 is 19.8 Å². The van der Waals surface area contributed by atoms with Gasteiger partial charge in [0, 0.05) is 12.8 Å². The van der Waals surface area contributed by atoms with E-state index in [1.807, 2.05) is 0 Å². The highest BCUT2D eigenvalue weighted by Crippen LogP contribution is 2.49. The maximum absolute atomic E-state index is 14.0. The van der Waals surface area contributed by atoms with Gasteiger partial charge in [0.1, 0.15) is 92.1 Å². The molecule has 1 aliphatic carbocycles. The zero-order valence-corrected chi connectivity index (χ0v) is 46.4. The second-order valence-corrected chi connectivity index (χ2v) is 22.2. The van der Waals surface area contributed by atoms with E-state index >= 15 is 0 Å². The molecule has 23 nitrogen and oxygen atoms in total. The summed E-state index contributed by atoms with van der Waals surface area (Å²) < 4.78 is 58.0. The van der Waals surface area contributed by atoms with Gasteiger partial charge in [-0.1, -0.05) is 142 Å². The van der Waals surface area contributed by atoms with Crippen LogP contribution in [0.25, 0.3) is 0 Å². The van der Waals surface area contributed by atoms with Gasteiger partial charge in [-0.05, 0) is 38.5 Å². The Balaban J connectivity index is 1.73. The van der Waals surface area contributed by atoms with Gasteiger partial charge in [0.2, 0.25) is 0 Å². The summed E-state index contributed by atoms with van der Waals surface area (Å²) >= 11 is 0. The molecule has 16 unspecified atom stereocenters. The van der Waals surface area contributed by atoms with Crippen molar-refractivity contribution in [3.8, 4) is 0 Å². The van der Waals surface area contributed by atoms with Crippen LogP contribution in [-0.2, 0) is 51.6 Å². The van der Waals surface area contributed by atoms with Crippen molar-refractivity contribution in [2.24, 2.45) is 0 Å². The molecule has 77 heavy (non-hydrogen) atoms. The van der Waals surface area contributed by atoms with Crippen molar-refractivity contribution in [3.05, 3.63) is 12.2 Å². The highest BCUT2D eigenvalue weighted by Gasteiger charge is 2.58. The van der Waals surface area contributed by atoms with Crippen LogP contribution in [0.4, 0.5) is 0 Å². The van der Waals surface area contributed by atoms with Crippen LogP contribution >= 0.6 is 7.82 Å². The molecule has 0 spiro atoms. The molecular weight excluding hydrogens is 1040 g/mol. The second-order valence-electron chi connectivity index (χ2n) is 20.8. The van der Waals surface area contributed by atoms with Crippen molar-refractivity contribution in [3.63, 3.8) is 0 Å². The molecule has 2 aliphatic heterocycles. The number of carbonyl (C=O) groups excluding carboxylic acids is 2. The summed E-state index contributed by atoms with van der Waals surface area (Å²) in [5, 5.41) is 116. The van der Waals surface area contributed by atoms with E-state index in [1.165, 1.54) is 77.0 Å². The number of phosphoric ester groups is 1. The summed E-state index contributed by atoms with van der Waals surface area (Å²) in [5.74, 6) is -1.35. The molecule has 3 aliphatic rings. The van der Waals surface area contributed by atoms with Gasteiger partial charge in [-0.2, -0.15) is 0 Å². The fourth-order valence-electron chi connectivity index (χ4n) is 9.53. The maximum atomic E-state index is 14.0. The molecule has 24 heteroatoms. The molecule has 3 rings (SSSR count). The van der Waals surface area contributed by atoms with Crippen LogP contribution in [0, 0.1) is 0 Å². The van der Waals surface area contributed by atoms with Gasteiger partial charge in [0.25, 0.3) is 0 Å². The van der Waals surface area contributed by atoms with Crippen LogP contribution in [0.5, 0.6) is 0 Å². The quantitative estimate of drug-likeness (QED) is 0.0181. The molecule has 0 amide bonds. The smallest absolute Gasteiger partial charge is 0.462 e. The summed E-state index contributed by atoms with van der Waals surface area (Å²) in [7, 11) is -5.63. The molecule has 2 heterocycles. The van der Waals surface area contributed by atoms with Crippen molar-refractivity contribution in [2.75, 3.05) is 26.4 Å². The van der Waals surface area contributed by atoms with Gasteiger partial charge in [0.05, 0.1) is 19.8 Å². The largest absolute Gasteiger partial charge is 0.472 e. The normalized spacial score (nSPS) is 32.0. The number of phosphoric acid groups is 1. The number of esters is 2. The number of hydrogen-bond acceptors (Lipinski definition) is 22. The lowest BCUT2D eigenvalue weighted by molar-refractivity contribution is -0.360. The highest BCUT2D eigenvalue weighted by molar-refractivity contribution is 7.47. The third-order valence-corrected chi connectivity index (χ3v) is 15.3. The highest BCUT2D eigenvalue weighted by atomic mass is 31.2. The minimum absolute atomic E-state index is 0.0310. The second kappa shape index (κ2) is 38.8. The Bertz CT molecular complexity index is 1590. The molecule has 1 saturated carbocycles. The molecule has 12 N–H and O–H groups in total. The first-order chi connectivity index (χ1) is 36.9. The van der Waals surface area contributed by atoms with E-state index in [-0.39, 0.29) is 12.8 Å². The van der Waals surface area contributed by atoms with Gasteiger partial charge >= 0.3 is 19.8 Å². The molecule has 2 saturated heterocycles. The Morgan fingerprint density at radius 1 is 0.481 bits per heavy atom. The lowest BCUT2D eigenvalue weighted by Gasteiger charge is -2.49. The number of rotatable bonds is 41. The fraction of sp³-hybridized carbons (Fsp3) is 0.925. The number of allylic oxidation sites excluding steroid dienone is 2. The Labute approximate surface area is 454 Å². The van der Waals surface area contributed by atoms with E-state index in [0.717, 1.165) is 64.2 Å². The number of ether oxygens (including phenoxy) is 6. The van der Waals surface area contributed by atoms with E-state index in [0.29, 0.717) is 12.8 Å². The maximum Gasteiger partial charge on any atom is 0.472 e. The Morgan fingerprint density at radius 3 is 1.29 bits per heavy atom. The molecule has 0 radical (unpaired) electrons. The van der Waals surface area contributed by atoms with Crippen molar-refractivity contribution in [1.82, 2.24) is 0 Å². The van der Waals surface area contributed by atoms with Gasteiger partial charge in [-0.3, -0.25) is 18.6 Å². The number of carbonyl (C=O) groups is 2. The lowest BCUT2D eigenvalue weighted by Crippen LogP contribution is -2.69. The van der Waals surface area contributed by atoms with E-state index in [1.54, 1.807) is 0 Å². The van der Waals surface area contributed by atoms with Crippen LogP contribution in [0.15, 0.2) is 12.2 Å². The van der Waals surface area contributed by atoms with Crippen molar-refractivity contribution in [1.29, 1.82) is 0 Å². The topological polar surface area (TPSA) is 368 Å². The van der Waals surface area contributed by atoms with Crippen LogP contribution in [0.2, 0.25) is 0 Å². The zero-order chi connectivity index (χ0) is 56.8. The van der Waals surface area contributed by atoms with Crippen LogP contribution in [0.3, 0.4) is 0 Å². The zero-order valence-electron chi connectivity index (χ0n) is 45.5. The number of aliphatic hydroxyl groups excluding tert-OH is 11. The van der Waals surface area contributed by atoms with Gasteiger partial charge in [-0.25, -0.2) is 4.57 Å². The number of unbranched alkanes of at least 4 members (excludes halogenated alkanes) is 21. The molecule has 3 fully saturated rings. The van der Waals surface area contributed by atoms with E-state index < -0.39 is 150 Å². The first kappa shape index (κ1) is 69.5. The minimum Gasteiger partial charge on any atom is -0.462 e. The number of hydrogen-bond donors (Lipinski definition) is 12. The molecule has 0 aromatic heterocycles. The third-order valence-electron chi connectivity index (χ3n) is 14.3. The predicted octanol–water partition coefficient (Wildman–Crippen LogP) is 3.15. The van der Waals surface area contributed by atoms with Crippen LogP contribution < -0.4 is 0 Å². The summed E-state index contributed by atoms with van der Waals surface area (Å²) in [5.41, 5.74) is 0. The van der Waals surface area contributed by atoms with E-state index in [9.17, 15) is 75.2 Å². The lowest BCUT2D eigenvalue weighted by atomic mass is 9.84. The van der Waals surface area contributed by atoms with Crippen LogP contribution in [0.1, 0.15) is 181 Å². The van der Waals surface area contributed by atoms with Gasteiger partial charge in [0.15, 0.2) is 18.7 Å². The molecule has 452 valence electrons.